The Labute approximate surface area is 94.4 Å². The lowest BCUT2D eigenvalue weighted by atomic mass is 10.4. The van der Waals surface area contributed by atoms with Crippen molar-refractivity contribution in [3.05, 3.63) is 20.7 Å². The molecule has 0 amide bonds. The molecular weight excluding hydrogens is 340 g/mol. The maximum absolute atomic E-state index is 12.7. The van der Waals surface area contributed by atoms with Crippen LogP contribution in [0.5, 0.6) is 5.75 Å². The minimum atomic E-state index is -4.91. The normalized spacial score (nSPS) is 11.6. The van der Waals surface area contributed by atoms with Crippen molar-refractivity contribution in [2.45, 2.75) is 6.36 Å². The third-order valence-corrected chi connectivity index (χ3v) is 2.31. The van der Waals surface area contributed by atoms with Gasteiger partial charge in [0.1, 0.15) is 8.59 Å². The van der Waals surface area contributed by atoms with Crippen molar-refractivity contribution in [1.29, 1.82) is 0 Å². The summed E-state index contributed by atoms with van der Waals surface area (Å²) in [6, 6.07) is 0. The van der Waals surface area contributed by atoms with E-state index in [9.17, 15) is 17.6 Å². The van der Waals surface area contributed by atoms with Crippen LogP contribution < -0.4 is 4.74 Å². The molecule has 0 saturated heterocycles. The predicted octanol–water partition coefficient (Wildman–Crippen LogP) is 3.38. The molecular formula is C6HClF4INO. The summed E-state index contributed by atoms with van der Waals surface area (Å²) in [6.45, 7) is 0. The van der Waals surface area contributed by atoms with E-state index in [-0.39, 0.29) is 0 Å². The molecule has 0 aromatic carbocycles. The van der Waals surface area contributed by atoms with Crippen molar-refractivity contribution in [1.82, 2.24) is 4.98 Å². The van der Waals surface area contributed by atoms with E-state index >= 15 is 0 Å². The molecule has 1 aromatic rings. The Morgan fingerprint density at radius 2 is 2.00 bits per heavy atom. The molecule has 0 unspecified atom stereocenters. The van der Waals surface area contributed by atoms with Gasteiger partial charge >= 0.3 is 6.36 Å². The van der Waals surface area contributed by atoms with Crippen LogP contribution >= 0.6 is 34.2 Å². The van der Waals surface area contributed by atoms with Crippen molar-refractivity contribution < 1.29 is 22.3 Å². The van der Waals surface area contributed by atoms with Crippen LogP contribution in [0.3, 0.4) is 0 Å². The van der Waals surface area contributed by atoms with Crippen molar-refractivity contribution in [3.63, 3.8) is 0 Å². The van der Waals surface area contributed by atoms with Crippen molar-refractivity contribution >= 4 is 34.2 Å². The van der Waals surface area contributed by atoms with Crippen molar-refractivity contribution in [2.24, 2.45) is 0 Å². The number of halogens is 6. The van der Waals surface area contributed by atoms with Crippen LogP contribution in [0.4, 0.5) is 17.6 Å². The summed E-state index contributed by atoms with van der Waals surface area (Å²) in [5.74, 6) is -1.83. The summed E-state index contributed by atoms with van der Waals surface area (Å²) in [7, 11) is 0. The van der Waals surface area contributed by atoms with Gasteiger partial charge in [0.05, 0.1) is 6.20 Å². The third-order valence-electron chi connectivity index (χ3n) is 1.11. The SMILES string of the molecule is Fc1ncc(Cl)c(OC(F)(F)F)c1I. The Morgan fingerprint density at radius 3 is 2.50 bits per heavy atom. The molecule has 0 spiro atoms. The molecule has 0 aliphatic rings. The first-order chi connectivity index (χ1) is 6.31. The minimum Gasteiger partial charge on any atom is -0.403 e. The van der Waals surface area contributed by atoms with Crippen molar-refractivity contribution in [3.8, 4) is 5.75 Å². The molecule has 1 rings (SSSR count). The summed E-state index contributed by atoms with van der Waals surface area (Å²) >= 11 is 6.67. The summed E-state index contributed by atoms with van der Waals surface area (Å²) < 4.78 is 51.2. The Balaban J connectivity index is 3.13. The molecule has 0 aliphatic carbocycles. The number of alkyl halides is 3. The zero-order chi connectivity index (χ0) is 10.9. The highest BCUT2D eigenvalue weighted by Gasteiger charge is 2.33. The fourth-order valence-electron chi connectivity index (χ4n) is 0.636. The predicted molar refractivity (Wildman–Crippen MR) is 48.6 cm³/mol. The highest BCUT2D eigenvalue weighted by molar-refractivity contribution is 14.1. The van der Waals surface area contributed by atoms with Crippen LogP contribution in [-0.4, -0.2) is 11.3 Å². The van der Waals surface area contributed by atoms with Crippen LogP contribution in [0.15, 0.2) is 6.20 Å². The van der Waals surface area contributed by atoms with Crippen LogP contribution in [0.25, 0.3) is 0 Å². The fourth-order valence-corrected chi connectivity index (χ4v) is 1.52. The molecule has 0 fully saturated rings. The molecule has 0 atom stereocenters. The van der Waals surface area contributed by atoms with Gasteiger partial charge in [-0.1, -0.05) is 11.6 Å². The molecule has 14 heavy (non-hydrogen) atoms. The summed E-state index contributed by atoms with van der Waals surface area (Å²) in [5.41, 5.74) is 0. The fraction of sp³-hybridized carbons (Fsp3) is 0.167. The molecule has 0 saturated carbocycles. The van der Waals surface area contributed by atoms with Gasteiger partial charge in [-0.3, -0.25) is 0 Å². The van der Waals surface area contributed by atoms with Gasteiger partial charge in [0.15, 0.2) is 5.75 Å². The van der Waals surface area contributed by atoms with Gasteiger partial charge in [0.25, 0.3) is 0 Å². The number of hydrogen-bond acceptors (Lipinski definition) is 2. The first-order valence-corrected chi connectivity index (χ1v) is 4.52. The lowest BCUT2D eigenvalue weighted by Gasteiger charge is -2.11. The second-order valence-electron chi connectivity index (χ2n) is 2.09. The maximum Gasteiger partial charge on any atom is 0.573 e. The van der Waals surface area contributed by atoms with Crippen LogP contribution in [0, 0.1) is 9.52 Å². The quantitative estimate of drug-likeness (QED) is 0.444. The van der Waals surface area contributed by atoms with E-state index in [0.29, 0.717) is 0 Å². The zero-order valence-electron chi connectivity index (χ0n) is 6.20. The summed E-state index contributed by atoms with van der Waals surface area (Å²) in [5, 5.41) is -0.395. The highest BCUT2D eigenvalue weighted by atomic mass is 127. The number of hydrogen-bond donors (Lipinski definition) is 0. The molecule has 8 heteroatoms. The van der Waals surface area contributed by atoms with E-state index in [0.717, 1.165) is 6.20 Å². The third kappa shape index (κ3) is 2.84. The minimum absolute atomic E-state index is 0.395. The number of rotatable bonds is 1. The Kier molecular flexibility index (Phi) is 3.40. The van der Waals surface area contributed by atoms with Crippen LogP contribution in [0.1, 0.15) is 0 Å². The molecule has 1 heterocycles. The monoisotopic (exact) mass is 341 g/mol. The molecule has 2 nitrogen and oxygen atoms in total. The Bertz CT molecular complexity index is 356. The molecule has 78 valence electrons. The van der Waals surface area contributed by atoms with Gasteiger partial charge in [0, 0.05) is 0 Å². The number of pyridine rings is 1. The lowest BCUT2D eigenvalue weighted by molar-refractivity contribution is -0.275. The van der Waals surface area contributed by atoms with E-state index in [2.05, 4.69) is 9.72 Å². The average molecular weight is 341 g/mol. The lowest BCUT2D eigenvalue weighted by Crippen LogP contribution is -2.18. The largest absolute Gasteiger partial charge is 0.573 e. The molecule has 0 bridgehead atoms. The Hall–Kier alpha value is -0.310. The van der Waals surface area contributed by atoms with E-state index in [1.807, 2.05) is 0 Å². The average Bonchev–Trinajstić information content (AvgIpc) is 2.04. The standard InChI is InChI=1S/C6HClF4INO/c7-2-1-13-5(8)3(12)4(2)14-6(9,10)11/h1H. The van der Waals surface area contributed by atoms with Gasteiger partial charge in [-0.25, -0.2) is 4.98 Å². The smallest absolute Gasteiger partial charge is 0.403 e. The maximum atomic E-state index is 12.7. The number of aromatic nitrogens is 1. The molecule has 0 N–H and O–H groups in total. The highest BCUT2D eigenvalue weighted by Crippen LogP contribution is 2.34. The van der Waals surface area contributed by atoms with E-state index in [4.69, 9.17) is 11.6 Å². The van der Waals surface area contributed by atoms with Crippen LogP contribution in [0.2, 0.25) is 5.02 Å². The van der Waals surface area contributed by atoms with Gasteiger partial charge in [-0.15, -0.1) is 13.2 Å². The first kappa shape index (κ1) is 11.8. The van der Waals surface area contributed by atoms with Crippen LogP contribution in [-0.2, 0) is 0 Å². The summed E-state index contributed by atoms with van der Waals surface area (Å²) in [6.07, 6.45) is -4.16. The van der Waals surface area contributed by atoms with Gasteiger partial charge in [-0.05, 0) is 22.6 Å². The Morgan fingerprint density at radius 1 is 1.43 bits per heavy atom. The van der Waals surface area contributed by atoms with E-state index < -0.39 is 26.7 Å². The second-order valence-corrected chi connectivity index (χ2v) is 3.57. The molecule has 1 aromatic heterocycles. The number of nitrogens with zero attached hydrogens (tertiary/aromatic N) is 1. The van der Waals surface area contributed by atoms with E-state index in [1.54, 1.807) is 0 Å². The topological polar surface area (TPSA) is 22.1 Å². The number of ether oxygens (including phenoxy) is 1. The van der Waals surface area contributed by atoms with Gasteiger partial charge in [-0.2, -0.15) is 4.39 Å². The molecule has 0 aliphatic heterocycles. The van der Waals surface area contributed by atoms with Gasteiger partial charge in [0.2, 0.25) is 5.95 Å². The van der Waals surface area contributed by atoms with E-state index in [1.165, 1.54) is 22.6 Å². The van der Waals surface area contributed by atoms with Crippen molar-refractivity contribution in [2.75, 3.05) is 0 Å². The second kappa shape index (κ2) is 4.05. The van der Waals surface area contributed by atoms with Gasteiger partial charge < -0.3 is 4.74 Å². The first-order valence-electron chi connectivity index (χ1n) is 3.06. The zero-order valence-corrected chi connectivity index (χ0v) is 9.11. The molecule has 0 radical (unpaired) electrons. The summed E-state index contributed by atoms with van der Waals surface area (Å²) in [4.78, 5) is 3.12.